The Bertz CT molecular complexity index is 929. The van der Waals surface area contributed by atoms with Crippen LogP contribution in [0.2, 0.25) is 0 Å². The molecule has 3 aromatic carbocycles. The van der Waals surface area contributed by atoms with Gasteiger partial charge in [0.25, 0.3) is 0 Å². The third kappa shape index (κ3) is 1.52. The molecule has 0 bridgehead atoms. The van der Waals surface area contributed by atoms with E-state index in [0.29, 0.717) is 5.92 Å². The third-order valence-electron chi connectivity index (χ3n) is 6.01. The highest BCUT2D eigenvalue weighted by Crippen LogP contribution is 2.76. The van der Waals surface area contributed by atoms with Crippen LogP contribution < -0.4 is 0 Å². The molecular formula is C23H19N. The molecule has 0 spiro atoms. The van der Waals surface area contributed by atoms with Gasteiger partial charge in [-0.3, -0.25) is 4.99 Å². The highest BCUT2D eigenvalue weighted by atomic mass is 15.0. The van der Waals surface area contributed by atoms with Crippen molar-refractivity contribution in [3.63, 3.8) is 0 Å². The quantitative estimate of drug-likeness (QED) is 0.627. The van der Waals surface area contributed by atoms with Gasteiger partial charge in [-0.1, -0.05) is 91.9 Å². The van der Waals surface area contributed by atoms with Crippen LogP contribution in [-0.2, 0) is 11.0 Å². The maximum Gasteiger partial charge on any atom is 0.103 e. The summed E-state index contributed by atoms with van der Waals surface area (Å²) in [6, 6.07) is 30.4. The van der Waals surface area contributed by atoms with E-state index in [1.165, 1.54) is 22.3 Å². The van der Waals surface area contributed by atoms with E-state index < -0.39 is 0 Å². The molecule has 3 atom stereocenters. The first-order valence-corrected chi connectivity index (χ1v) is 8.54. The van der Waals surface area contributed by atoms with Gasteiger partial charge in [-0.25, -0.2) is 0 Å². The normalized spacial score (nSPS) is 29.6. The van der Waals surface area contributed by atoms with E-state index in [1.807, 2.05) is 0 Å². The summed E-state index contributed by atoms with van der Waals surface area (Å²) < 4.78 is 0. The van der Waals surface area contributed by atoms with Gasteiger partial charge in [-0.15, -0.1) is 0 Å². The molecule has 1 aliphatic heterocycles. The Morgan fingerprint density at radius 3 is 2.00 bits per heavy atom. The van der Waals surface area contributed by atoms with Gasteiger partial charge < -0.3 is 0 Å². The Hall–Kier alpha value is -2.67. The molecular weight excluding hydrogens is 290 g/mol. The summed E-state index contributed by atoms with van der Waals surface area (Å²) in [6.07, 6.45) is 2.08. The van der Waals surface area contributed by atoms with Crippen LogP contribution in [0.25, 0.3) is 0 Å². The average molecular weight is 309 g/mol. The lowest BCUT2D eigenvalue weighted by atomic mass is 9.88. The highest BCUT2D eigenvalue weighted by molar-refractivity contribution is 5.87. The van der Waals surface area contributed by atoms with Crippen LogP contribution in [0.3, 0.4) is 0 Å². The Labute approximate surface area is 142 Å². The lowest BCUT2D eigenvalue weighted by Gasteiger charge is -2.21. The number of rotatable bonds is 2. The van der Waals surface area contributed by atoms with Crippen molar-refractivity contribution in [3.8, 4) is 0 Å². The second-order valence-corrected chi connectivity index (χ2v) is 7.02. The molecule has 1 heterocycles. The largest absolute Gasteiger partial charge is 0.279 e. The lowest BCUT2D eigenvalue weighted by molar-refractivity contribution is 0.598. The van der Waals surface area contributed by atoms with Crippen LogP contribution in [0.15, 0.2) is 89.9 Å². The van der Waals surface area contributed by atoms with Gasteiger partial charge in [0.2, 0.25) is 0 Å². The molecule has 0 amide bonds. The standard InChI is InChI=1S/C23H19N/c1-22(18-11-4-2-5-12-18)21-20-15-9-8-10-17(20)16-24-23(21,22)19-13-6-3-7-14-19/h2-16,21H,1H3/t21?,22-,23-/m0/s1. The molecule has 1 saturated carbocycles. The first-order chi connectivity index (χ1) is 11.8. The maximum absolute atomic E-state index is 5.15. The van der Waals surface area contributed by atoms with E-state index in [0.717, 1.165) is 0 Å². The molecule has 0 radical (unpaired) electrons. The van der Waals surface area contributed by atoms with Crippen molar-refractivity contribution < 1.29 is 0 Å². The van der Waals surface area contributed by atoms with E-state index in [-0.39, 0.29) is 11.0 Å². The predicted molar refractivity (Wildman–Crippen MR) is 98.7 cm³/mol. The van der Waals surface area contributed by atoms with Crippen LogP contribution >= 0.6 is 0 Å². The zero-order valence-electron chi connectivity index (χ0n) is 13.7. The summed E-state index contributed by atoms with van der Waals surface area (Å²) in [4.78, 5) is 5.15. The van der Waals surface area contributed by atoms with Crippen LogP contribution in [0.5, 0.6) is 0 Å². The fourth-order valence-electron chi connectivity index (χ4n) is 4.81. The second-order valence-electron chi connectivity index (χ2n) is 7.02. The van der Waals surface area contributed by atoms with Gasteiger partial charge in [0, 0.05) is 17.5 Å². The number of nitrogens with zero attached hydrogens (tertiary/aromatic N) is 1. The van der Waals surface area contributed by atoms with Crippen molar-refractivity contribution in [2.75, 3.05) is 0 Å². The Morgan fingerprint density at radius 1 is 0.708 bits per heavy atom. The van der Waals surface area contributed by atoms with Crippen molar-refractivity contribution in [2.45, 2.75) is 23.8 Å². The first-order valence-electron chi connectivity index (χ1n) is 8.54. The van der Waals surface area contributed by atoms with Gasteiger partial charge in [0.05, 0.1) is 0 Å². The van der Waals surface area contributed by atoms with Crippen molar-refractivity contribution in [3.05, 3.63) is 107 Å². The van der Waals surface area contributed by atoms with Crippen molar-refractivity contribution in [2.24, 2.45) is 4.99 Å². The molecule has 0 saturated heterocycles. The molecule has 0 N–H and O–H groups in total. The average Bonchev–Trinajstić information content (AvgIpc) is 3.26. The number of fused-ring (bicyclic) bond motifs is 3. The monoisotopic (exact) mass is 309 g/mol. The SMILES string of the molecule is C[C@]1(c2ccccc2)C2c3ccccc3C=N[C@@]21c1ccccc1. The third-order valence-corrected chi connectivity index (χ3v) is 6.01. The Balaban J connectivity index is 1.79. The van der Waals surface area contributed by atoms with Crippen LogP contribution in [-0.4, -0.2) is 6.21 Å². The Morgan fingerprint density at radius 2 is 1.29 bits per heavy atom. The van der Waals surface area contributed by atoms with Crippen molar-refractivity contribution >= 4 is 6.21 Å². The van der Waals surface area contributed by atoms with Crippen LogP contribution in [0.4, 0.5) is 0 Å². The van der Waals surface area contributed by atoms with Crippen LogP contribution in [0.1, 0.15) is 35.1 Å². The van der Waals surface area contributed by atoms with E-state index in [2.05, 4.69) is 98.1 Å². The van der Waals surface area contributed by atoms with Crippen LogP contribution in [0, 0.1) is 0 Å². The Kier molecular flexibility index (Phi) is 2.67. The fraction of sp³-hybridized carbons (Fsp3) is 0.174. The zero-order chi connectivity index (χ0) is 16.2. The number of benzene rings is 3. The van der Waals surface area contributed by atoms with Crippen molar-refractivity contribution in [1.82, 2.24) is 0 Å². The molecule has 116 valence electrons. The first kappa shape index (κ1) is 13.7. The van der Waals surface area contributed by atoms with Gasteiger partial charge in [-0.2, -0.15) is 0 Å². The molecule has 1 unspecified atom stereocenters. The van der Waals surface area contributed by atoms with Gasteiger partial charge in [0.15, 0.2) is 0 Å². The minimum atomic E-state index is -0.191. The topological polar surface area (TPSA) is 12.4 Å². The lowest BCUT2D eigenvalue weighted by Crippen LogP contribution is -2.18. The van der Waals surface area contributed by atoms with E-state index in [1.54, 1.807) is 0 Å². The summed E-state index contributed by atoms with van der Waals surface area (Å²) in [6.45, 7) is 2.37. The molecule has 1 aliphatic carbocycles. The molecule has 1 nitrogen and oxygen atoms in total. The molecule has 3 aromatic rings. The minimum absolute atomic E-state index is 0.0152. The predicted octanol–water partition coefficient (Wildman–Crippen LogP) is 5.07. The number of hydrogen-bond donors (Lipinski definition) is 0. The zero-order valence-corrected chi connectivity index (χ0v) is 13.7. The van der Waals surface area contributed by atoms with E-state index in [9.17, 15) is 0 Å². The molecule has 24 heavy (non-hydrogen) atoms. The second kappa shape index (κ2) is 4.67. The van der Waals surface area contributed by atoms with Gasteiger partial charge in [0.1, 0.15) is 5.54 Å². The summed E-state index contributed by atoms with van der Waals surface area (Å²) in [5.41, 5.74) is 5.15. The minimum Gasteiger partial charge on any atom is -0.279 e. The molecule has 2 aliphatic rings. The summed E-state index contributed by atoms with van der Waals surface area (Å²) in [5, 5.41) is 0. The maximum atomic E-state index is 5.15. The number of aliphatic imine (C=N–C) groups is 1. The summed E-state index contributed by atoms with van der Waals surface area (Å²) in [7, 11) is 0. The highest BCUT2D eigenvalue weighted by Gasteiger charge is 2.77. The summed E-state index contributed by atoms with van der Waals surface area (Å²) in [5.74, 6) is 0.385. The number of hydrogen-bond acceptors (Lipinski definition) is 1. The van der Waals surface area contributed by atoms with Gasteiger partial charge in [-0.05, 0) is 22.3 Å². The fourth-order valence-corrected chi connectivity index (χ4v) is 4.81. The van der Waals surface area contributed by atoms with Gasteiger partial charge >= 0.3 is 0 Å². The molecule has 1 fully saturated rings. The van der Waals surface area contributed by atoms with Crippen molar-refractivity contribution in [1.29, 1.82) is 0 Å². The van der Waals surface area contributed by atoms with E-state index in [4.69, 9.17) is 4.99 Å². The molecule has 1 heteroatoms. The summed E-state index contributed by atoms with van der Waals surface area (Å²) >= 11 is 0. The van der Waals surface area contributed by atoms with E-state index >= 15 is 0 Å². The smallest absolute Gasteiger partial charge is 0.103 e. The molecule has 0 aromatic heterocycles. The molecule has 5 rings (SSSR count).